The number of halogens is 1. The Bertz CT molecular complexity index is 456. The van der Waals surface area contributed by atoms with Crippen LogP contribution in [-0.4, -0.2) is 16.5 Å². The second-order valence-corrected chi connectivity index (χ2v) is 4.76. The van der Waals surface area contributed by atoms with Gasteiger partial charge in [0.05, 0.1) is 23.1 Å². The predicted molar refractivity (Wildman–Crippen MR) is 71.0 cm³/mol. The number of hydrogen-bond donors (Lipinski definition) is 1. The summed E-state index contributed by atoms with van der Waals surface area (Å²) in [7, 11) is 0. The molecule has 0 aliphatic heterocycles. The summed E-state index contributed by atoms with van der Waals surface area (Å²) in [4.78, 5) is 8.35. The lowest BCUT2D eigenvalue weighted by Crippen LogP contribution is -2.24. The maximum Gasteiger partial charge on any atom is 0.141 e. The molecule has 0 aliphatic carbocycles. The molecule has 0 fully saturated rings. The number of pyridine rings is 1. The van der Waals surface area contributed by atoms with Crippen molar-refractivity contribution in [2.24, 2.45) is 0 Å². The monoisotopic (exact) mass is 265 g/mol. The Morgan fingerprint density at radius 1 is 1.39 bits per heavy atom. The van der Waals surface area contributed by atoms with Crippen LogP contribution in [0.2, 0.25) is 0 Å². The van der Waals surface area contributed by atoms with Gasteiger partial charge in [0.25, 0.3) is 0 Å². The molecular formula is C13H16FN3S. The van der Waals surface area contributed by atoms with Gasteiger partial charge < -0.3 is 5.32 Å². The Labute approximate surface area is 110 Å². The van der Waals surface area contributed by atoms with E-state index in [9.17, 15) is 4.39 Å². The third-order valence-corrected chi connectivity index (χ3v) is 3.41. The second kappa shape index (κ2) is 6.56. The first-order valence-corrected chi connectivity index (χ1v) is 6.95. The first-order chi connectivity index (χ1) is 8.79. The van der Waals surface area contributed by atoms with Gasteiger partial charge in [0.1, 0.15) is 5.82 Å². The van der Waals surface area contributed by atoms with Crippen molar-refractivity contribution < 1.29 is 4.39 Å². The van der Waals surface area contributed by atoms with Gasteiger partial charge >= 0.3 is 0 Å². The predicted octanol–water partition coefficient (Wildman–Crippen LogP) is 2.96. The minimum Gasteiger partial charge on any atom is -0.308 e. The molecule has 18 heavy (non-hydrogen) atoms. The van der Waals surface area contributed by atoms with Crippen molar-refractivity contribution in [3.63, 3.8) is 0 Å². The standard InChI is InChI=1S/C13H16FN3S/c1-2-12(13-4-3-10(14)7-16-13)15-6-5-11-8-18-9-17-11/h3-4,7-9,12,15H,2,5-6H2,1H3. The highest BCUT2D eigenvalue weighted by molar-refractivity contribution is 7.07. The number of thiazole rings is 1. The SMILES string of the molecule is CCC(NCCc1cscn1)c1ccc(F)cn1. The highest BCUT2D eigenvalue weighted by Gasteiger charge is 2.09. The molecule has 0 radical (unpaired) electrons. The van der Waals surface area contributed by atoms with Crippen molar-refractivity contribution >= 4 is 11.3 Å². The molecule has 2 aromatic heterocycles. The second-order valence-electron chi connectivity index (χ2n) is 4.05. The summed E-state index contributed by atoms with van der Waals surface area (Å²) in [5.41, 5.74) is 3.83. The molecule has 2 heterocycles. The van der Waals surface area contributed by atoms with E-state index in [2.05, 4.69) is 27.6 Å². The molecule has 0 aromatic carbocycles. The third kappa shape index (κ3) is 3.58. The van der Waals surface area contributed by atoms with Crippen LogP contribution in [0.4, 0.5) is 4.39 Å². The molecule has 0 saturated heterocycles. The van der Waals surface area contributed by atoms with E-state index in [1.807, 2.05) is 5.51 Å². The highest BCUT2D eigenvalue weighted by atomic mass is 32.1. The molecule has 1 N–H and O–H groups in total. The van der Waals surface area contributed by atoms with Crippen molar-refractivity contribution in [2.75, 3.05) is 6.54 Å². The summed E-state index contributed by atoms with van der Waals surface area (Å²) in [5, 5.41) is 5.48. The molecule has 1 atom stereocenters. The number of hydrogen-bond acceptors (Lipinski definition) is 4. The third-order valence-electron chi connectivity index (χ3n) is 2.77. The first-order valence-electron chi connectivity index (χ1n) is 6.01. The van der Waals surface area contributed by atoms with Crippen molar-refractivity contribution in [3.05, 3.63) is 46.4 Å². The lowest BCUT2D eigenvalue weighted by Gasteiger charge is -2.15. The van der Waals surface area contributed by atoms with Crippen LogP contribution in [0, 0.1) is 5.82 Å². The largest absolute Gasteiger partial charge is 0.308 e. The van der Waals surface area contributed by atoms with Gasteiger partial charge in [-0.15, -0.1) is 11.3 Å². The molecule has 0 aliphatic rings. The molecule has 1 unspecified atom stereocenters. The molecule has 3 nitrogen and oxygen atoms in total. The lowest BCUT2D eigenvalue weighted by molar-refractivity contribution is 0.506. The fourth-order valence-corrected chi connectivity index (χ4v) is 2.38. The Morgan fingerprint density at radius 2 is 2.28 bits per heavy atom. The molecule has 5 heteroatoms. The maximum absolute atomic E-state index is 12.8. The van der Waals surface area contributed by atoms with E-state index in [0.717, 1.165) is 30.8 Å². The van der Waals surface area contributed by atoms with Gasteiger partial charge in [-0.25, -0.2) is 9.37 Å². The van der Waals surface area contributed by atoms with E-state index in [-0.39, 0.29) is 11.9 Å². The van der Waals surface area contributed by atoms with E-state index in [0.29, 0.717) is 0 Å². The quantitative estimate of drug-likeness (QED) is 0.872. The van der Waals surface area contributed by atoms with Crippen LogP contribution >= 0.6 is 11.3 Å². The Balaban J connectivity index is 1.87. The number of nitrogens with one attached hydrogen (secondary N) is 1. The maximum atomic E-state index is 12.8. The summed E-state index contributed by atoms with van der Waals surface area (Å²) in [6, 6.07) is 3.36. The lowest BCUT2D eigenvalue weighted by atomic mass is 10.1. The fraction of sp³-hybridized carbons (Fsp3) is 0.385. The summed E-state index contributed by atoms with van der Waals surface area (Å²) >= 11 is 1.61. The number of nitrogens with zero attached hydrogens (tertiary/aromatic N) is 2. The fourth-order valence-electron chi connectivity index (χ4n) is 1.79. The van der Waals surface area contributed by atoms with E-state index in [4.69, 9.17) is 0 Å². The van der Waals surface area contributed by atoms with Crippen LogP contribution < -0.4 is 5.32 Å². The summed E-state index contributed by atoms with van der Waals surface area (Å²) < 4.78 is 12.8. The summed E-state index contributed by atoms with van der Waals surface area (Å²) in [6.45, 7) is 2.94. The topological polar surface area (TPSA) is 37.8 Å². The van der Waals surface area contributed by atoms with Crippen LogP contribution in [0.1, 0.15) is 30.8 Å². The zero-order valence-corrected chi connectivity index (χ0v) is 11.1. The van der Waals surface area contributed by atoms with Gasteiger partial charge in [0, 0.05) is 24.4 Å². The number of aromatic nitrogens is 2. The van der Waals surface area contributed by atoms with E-state index >= 15 is 0 Å². The summed E-state index contributed by atoms with van der Waals surface area (Å²) in [6.07, 6.45) is 3.09. The van der Waals surface area contributed by atoms with E-state index in [1.54, 1.807) is 17.4 Å². The Kier molecular flexibility index (Phi) is 4.78. The summed E-state index contributed by atoms with van der Waals surface area (Å²) in [5.74, 6) is -0.295. The van der Waals surface area contributed by atoms with Gasteiger partial charge in [-0.3, -0.25) is 4.98 Å². The van der Waals surface area contributed by atoms with Crippen LogP contribution in [-0.2, 0) is 6.42 Å². The molecule has 2 rings (SSSR count). The Hall–Kier alpha value is -1.33. The zero-order chi connectivity index (χ0) is 12.8. The normalized spacial score (nSPS) is 12.6. The van der Waals surface area contributed by atoms with Gasteiger partial charge in [0.2, 0.25) is 0 Å². The van der Waals surface area contributed by atoms with Crippen LogP contribution in [0.25, 0.3) is 0 Å². The van der Waals surface area contributed by atoms with Gasteiger partial charge in [-0.05, 0) is 18.6 Å². The molecule has 0 amide bonds. The smallest absolute Gasteiger partial charge is 0.141 e. The molecule has 0 spiro atoms. The molecule has 0 bridgehead atoms. The van der Waals surface area contributed by atoms with Gasteiger partial charge in [0.15, 0.2) is 0 Å². The average Bonchev–Trinajstić information content (AvgIpc) is 2.89. The van der Waals surface area contributed by atoms with E-state index in [1.165, 1.54) is 12.3 Å². The van der Waals surface area contributed by atoms with E-state index < -0.39 is 0 Å². The van der Waals surface area contributed by atoms with Crippen molar-refractivity contribution in [1.29, 1.82) is 0 Å². The minimum atomic E-state index is -0.295. The van der Waals surface area contributed by atoms with Crippen LogP contribution in [0.5, 0.6) is 0 Å². The zero-order valence-electron chi connectivity index (χ0n) is 10.3. The van der Waals surface area contributed by atoms with Crippen molar-refractivity contribution in [2.45, 2.75) is 25.8 Å². The Morgan fingerprint density at radius 3 is 2.89 bits per heavy atom. The van der Waals surface area contributed by atoms with Crippen LogP contribution in [0.3, 0.4) is 0 Å². The molecule has 2 aromatic rings. The average molecular weight is 265 g/mol. The molecule has 0 saturated carbocycles. The highest BCUT2D eigenvalue weighted by Crippen LogP contribution is 2.14. The van der Waals surface area contributed by atoms with Crippen molar-refractivity contribution in [1.82, 2.24) is 15.3 Å². The van der Waals surface area contributed by atoms with Gasteiger partial charge in [-0.1, -0.05) is 6.92 Å². The first kappa shape index (κ1) is 13.1. The minimum absolute atomic E-state index is 0.171. The number of rotatable bonds is 6. The molecular weight excluding hydrogens is 249 g/mol. The van der Waals surface area contributed by atoms with Crippen molar-refractivity contribution in [3.8, 4) is 0 Å². The van der Waals surface area contributed by atoms with Crippen LogP contribution in [0.15, 0.2) is 29.2 Å². The molecule has 96 valence electrons. The van der Waals surface area contributed by atoms with Gasteiger partial charge in [-0.2, -0.15) is 0 Å².